The fourth-order valence-corrected chi connectivity index (χ4v) is 1.55. The van der Waals surface area contributed by atoms with Crippen molar-refractivity contribution < 1.29 is 0 Å². The second-order valence-electron chi connectivity index (χ2n) is 3.69. The second-order valence-corrected chi connectivity index (χ2v) is 3.95. The Morgan fingerprint density at radius 3 is 2.69 bits per heavy atom. The minimum atomic E-state index is 0.573. The number of hydrogen-bond donors (Lipinski definition) is 0. The molecule has 0 atom stereocenters. The van der Waals surface area contributed by atoms with Crippen LogP contribution in [0.3, 0.4) is 0 Å². The summed E-state index contributed by atoms with van der Waals surface area (Å²) in [5.74, 6) is 0.573. The average molecular weight is 233 g/mol. The highest BCUT2D eigenvalue weighted by molar-refractivity contribution is 6.19. The van der Waals surface area contributed by atoms with E-state index in [1.807, 2.05) is 17.7 Å². The maximum atomic E-state index is 5.73. The third kappa shape index (κ3) is 2.52. The predicted octanol–water partition coefficient (Wildman–Crippen LogP) is 3.51. The summed E-state index contributed by atoms with van der Waals surface area (Å²) in [6, 6.07) is 8.28. The topological polar surface area (TPSA) is 17.8 Å². The van der Waals surface area contributed by atoms with Crippen molar-refractivity contribution in [1.29, 1.82) is 0 Å². The first-order chi connectivity index (χ1) is 7.79. The molecule has 1 aromatic heterocycles. The van der Waals surface area contributed by atoms with E-state index < -0.39 is 0 Å². The quantitative estimate of drug-likeness (QED) is 0.741. The molecule has 2 aromatic rings. The Bertz CT molecular complexity index is 469. The first-order valence-corrected chi connectivity index (χ1v) is 5.64. The van der Waals surface area contributed by atoms with Gasteiger partial charge >= 0.3 is 0 Å². The van der Waals surface area contributed by atoms with E-state index in [-0.39, 0.29) is 0 Å². The molecule has 1 heterocycles. The SMILES string of the molecule is CC(=Cc1ccc(-n2ccnc2)cc1)CCl. The number of alkyl halides is 1. The summed E-state index contributed by atoms with van der Waals surface area (Å²) in [5.41, 5.74) is 3.44. The monoisotopic (exact) mass is 232 g/mol. The Morgan fingerprint density at radius 2 is 2.12 bits per heavy atom. The highest BCUT2D eigenvalue weighted by Crippen LogP contribution is 2.12. The lowest BCUT2D eigenvalue weighted by atomic mass is 10.1. The zero-order valence-corrected chi connectivity index (χ0v) is 9.85. The number of nitrogens with zero attached hydrogens (tertiary/aromatic N) is 2. The summed E-state index contributed by atoms with van der Waals surface area (Å²) in [5, 5.41) is 0. The largest absolute Gasteiger partial charge is 0.306 e. The summed E-state index contributed by atoms with van der Waals surface area (Å²) in [6.45, 7) is 2.02. The van der Waals surface area contributed by atoms with Crippen LogP contribution in [0.25, 0.3) is 11.8 Å². The van der Waals surface area contributed by atoms with Crippen molar-refractivity contribution in [3.63, 3.8) is 0 Å². The fraction of sp³-hybridized carbons (Fsp3) is 0.154. The van der Waals surface area contributed by atoms with E-state index in [0.717, 1.165) is 11.3 Å². The number of imidazole rings is 1. The number of hydrogen-bond acceptors (Lipinski definition) is 1. The van der Waals surface area contributed by atoms with Gasteiger partial charge in [0.25, 0.3) is 0 Å². The van der Waals surface area contributed by atoms with Crippen molar-refractivity contribution in [3.05, 3.63) is 54.1 Å². The standard InChI is InChI=1S/C13H13ClN2/c1-11(9-14)8-12-2-4-13(5-3-12)16-7-6-15-10-16/h2-8,10H,9H2,1H3. The van der Waals surface area contributed by atoms with E-state index >= 15 is 0 Å². The van der Waals surface area contributed by atoms with Gasteiger partial charge in [0.2, 0.25) is 0 Å². The third-order valence-corrected chi connectivity index (χ3v) is 2.74. The molecule has 0 aliphatic carbocycles. The first kappa shape index (κ1) is 11.0. The van der Waals surface area contributed by atoms with Crippen LogP contribution in [0.1, 0.15) is 12.5 Å². The van der Waals surface area contributed by atoms with Gasteiger partial charge < -0.3 is 4.57 Å². The van der Waals surface area contributed by atoms with Crippen LogP contribution in [0.15, 0.2) is 48.6 Å². The summed E-state index contributed by atoms with van der Waals surface area (Å²) < 4.78 is 1.97. The van der Waals surface area contributed by atoms with Crippen LogP contribution in [0.5, 0.6) is 0 Å². The Balaban J connectivity index is 2.23. The Morgan fingerprint density at radius 1 is 1.38 bits per heavy atom. The van der Waals surface area contributed by atoms with Crippen molar-refractivity contribution in [2.75, 3.05) is 5.88 Å². The highest BCUT2D eigenvalue weighted by Gasteiger charge is 1.95. The zero-order valence-electron chi connectivity index (χ0n) is 9.10. The second kappa shape index (κ2) is 4.99. The molecule has 0 aliphatic heterocycles. The van der Waals surface area contributed by atoms with Gasteiger partial charge in [-0.15, -0.1) is 11.6 Å². The van der Waals surface area contributed by atoms with Crippen molar-refractivity contribution >= 4 is 17.7 Å². The summed E-state index contributed by atoms with van der Waals surface area (Å²) >= 11 is 5.73. The van der Waals surface area contributed by atoms with E-state index in [0.29, 0.717) is 5.88 Å². The van der Waals surface area contributed by atoms with Crippen molar-refractivity contribution in [3.8, 4) is 5.69 Å². The molecule has 2 nitrogen and oxygen atoms in total. The molecule has 0 amide bonds. The molecule has 3 heteroatoms. The fourth-order valence-electron chi connectivity index (χ4n) is 1.48. The minimum Gasteiger partial charge on any atom is -0.306 e. The number of halogens is 1. The number of aromatic nitrogens is 2. The molecule has 82 valence electrons. The molecule has 0 radical (unpaired) electrons. The molecule has 0 N–H and O–H groups in total. The van der Waals surface area contributed by atoms with Crippen molar-refractivity contribution in [1.82, 2.24) is 9.55 Å². The molecule has 0 saturated carbocycles. The molecule has 2 rings (SSSR count). The molecule has 0 saturated heterocycles. The number of allylic oxidation sites excluding steroid dienone is 1. The molecule has 0 bridgehead atoms. The van der Waals surface area contributed by atoms with Crippen LogP contribution in [0.4, 0.5) is 0 Å². The minimum absolute atomic E-state index is 0.573. The molecular weight excluding hydrogens is 220 g/mol. The van der Waals surface area contributed by atoms with Crippen LogP contribution < -0.4 is 0 Å². The van der Waals surface area contributed by atoms with Gasteiger partial charge in [-0.25, -0.2) is 4.98 Å². The predicted molar refractivity (Wildman–Crippen MR) is 67.9 cm³/mol. The zero-order chi connectivity index (χ0) is 11.4. The summed E-state index contributed by atoms with van der Waals surface area (Å²) in [6.07, 6.45) is 7.57. The molecule has 0 unspecified atom stereocenters. The lowest BCUT2D eigenvalue weighted by molar-refractivity contribution is 1.06. The van der Waals surface area contributed by atoms with Crippen molar-refractivity contribution in [2.45, 2.75) is 6.92 Å². The lowest BCUT2D eigenvalue weighted by Crippen LogP contribution is -1.89. The van der Waals surface area contributed by atoms with Gasteiger partial charge in [-0.3, -0.25) is 0 Å². The highest BCUT2D eigenvalue weighted by atomic mass is 35.5. The molecule has 0 spiro atoms. The van der Waals surface area contributed by atoms with E-state index in [1.54, 1.807) is 12.5 Å². The van der Waals surface area contributed by atoms with E-state index in [9.17, 15) is 0 Å². The molecule has 1 aromatic carbocycles. The van der Waals surface area contributed by atoms with Gasteiger partial charge in [-0.05, 0) is 24.6 Å². The lowest BCUT2D eigenvalue weighted by Gasteiger charge is -2.02. The Labute approximate surface area is 100 Å². The molecule has 0 aliphatic rings. The maximum absolute atomic E-state index is 5.73. The van der Waals surface area contributed by atoms with Crippen molar-refractivity contribution in [2.24, 2.45) is 0 Å². The average Bonchev–Trinajstić information content (AvgIpc) is 2.83. The van der Waals surface area contributed by atoms with Crippen LogP contribution in [0.2, 0.25) is 0 Å². The third-order valence-electron chi connectivity index (χ3n) is 2.32. The smallest absolute Gasteiger partial charge is 0.0991 e. The van der Waals surface area contributed by atoms with Gasteiger partial charge in [0.05, 0.1) is 6.33 Å². The van der Waals surface area contributed by atoms with Gasteiger partial charge in [0, 0.05) is 24.0 Å². The molecular formula is C13H13ClN2. The van der Waals surface area contributed by atoms with Gasteiger partial charge in [-0.2, -0.15) is 0 Å². The Kier molecular flexibility index (Phi) is 3.42. The van der Waals surface area contributed by atoms with Gasteiger partial charge in [0.1, 0.15) is 0 Å². The van der Waals surface area contributed by atoms with Gasteiger partial charge in [0.15, 0.2) is 0 Å². The van der Waals surface area contributed by atoms with Crippen LogP contribution in [0, 0.1) is 0 Å². The first-order valence-electron chi connectivity index (χ1n) is 5.11. The number of benzene rings is 1. The molecule has 16 heavy (non-hydrogen) atoms. The van der Waals surface area contributed by atoms with Crippen LogP contribution >= 0.6 is 11.6 Å². The van der Waals surface area contributed by atoms with E-state index in [2.05, 4.69) is 35.3 Å². The number of rotatable bonds is 3. The van der Waals surface area contributed by atoms with Crippen LogP contribution in [-0.2, 0) is 0 Å². The molecule has 0 fully saturated rings. The Hall–Kier alpha value is -1.54. The summed E-state index contributed by atoms with van der Waals surface area (Å²) in [7, 11) is 0. The maximum Gasteiger partial charge on any atom is 0.0991 e. The van der Waals surface area contributed by atoms with E-state index in [4.69, 9.17) is 11.6 Å². The van der Waals surface area contributed by atoms with Crippen LogP contribution in [-0.4, -0.2) is 15.4 Å². The normalized spacial score (nSPS) is 11.8. The van der Waals surface area contributed by atoms with E-state index in [1.165, 1.54) is 5.56 Å². The van der Waals surface area contributed by atoms with Gasteiger partial charge in [-0.1, -0.05) is 23.8 Å². The summed E-state index contributed by atoms with van der Waals surface area (Å²) in [4.78, 5) is 4.02.